The van der Waals surface area contributed by atoms with Crippen molar-refractivity contribution in [3.05, 3.63) is 70.7 Å². The Kier molecular flexibility index (Phi) is 3.15. The standard InChI is InChI=1S/C18H16FN/c1-12-4-3-5-14(13(12)2)6-7-15-11-20-18-10-16(19)8-9-17(15)18/h3-11,20H,1-2H3/b7-6+. The van der Waals surface area contributed by atoms with Crippen molar-refractivity contribution in [2.24, 2.45) is 0 Å². The summed E-state index contributed by atoms with van der Waals surface area (Å²) in [4.78, 5) is 3.10. The molecule has 0 saturated heterocycles. The van der Waals surface area contributed by atoms with Gasteiger partial charge in [0.2, 0.25) is 0 Å². The summed E-state index contributed by atoms with van der Waals surface area (Å²) in [6.07, 6.45) is 6.08. The molecule has 20 heavy (non-hydrogen) atoms. The van der Waals surface area contributed by atoms with E-state index in [0.29, 0.717) is 0 Å². The summed E-state index contributed by atoms with van der Waals surface area (Å²) in [5.74, 6) is -0.218. The Morgan fingerprint density at radius 1 is 1.00 bits per heavy atom. The number of H-pyrrole nitrogens is 1. The molecule has 0 amide bonds. The predicted molar refractivity (Wildman–Crippen MR) is 83.1 cm³/mol. The van der Waals surface area contributed by atoms with Crippen molar-refractivity contribution < 1.29 is 4.39 Å². The van der Waals surface area contributed by atoms with Crippen LogP contribution in [0.5, 0.6) is 0 Å². The van der Waals surface area contributed by atoms with Gasteiger partial charge in [-0.1, -0.05) is 30.4 Å². The van der Waals surface area contributed by atoms with Crippen LogP contribution in [0.1, 0.15) is 22.3 Å². The number of hydrogen-bond acceptors (Lipinski definition) is 0. The zero-order chi connectivity index (χ0) is 14.1. The molecule has 0 aliphatic carbocycles. The fourth-order valence-electron chi connectivity index (χ4n) is 2.39. The van der Waals surface area contributed by atoms with Crippen LogP contribution in [-0.4, -0.2) is 4.98 Å². The highest BCUT2D eigenvalue weighted by molar-refractivity contribution is 5.91. The second-order valence-electron chi connectivity index (χ2n) is 5.06. The Morgan fingerprint density at radius 2 is 1.80 bits per heavy atom. The quantitative estimate of drug-likeness (QED) is 0.664. The van der Waals surface area contributed by atoms with Crippen molar-refractivity contribution in [3.8, 4) is 0 Å². The number of hydrogen-bond donors (Lipinski definition) is 1. The van der Waals surface area contributed by atoms with E-state index in [0.717, 1.165) is 16.5 Å². The van der Waals surface area contributed by atoms with Crippen molar-refractivity contribution in [2.45, 2.75) is 13.8 Å². The molecule has 0 aliphatic rings. The van der Waals surface area contributed by atoms with E-state index in [-0.39, 0.29) is 5.82 Å². The number of halogens is 1. The fourth-order valence-corrected chi connectivity index (χ4v) is 2.39. The summed E-state index contributed by atoms with van der Waals surface area (Å²) in [6.45, 7) is 4.24. The molecule has 2 heteroatoms. The van der Waals surface area contributed by atoms with E-state index in [1.807, 2.05) is 12.3 Å². The molecular formula is C18H16FN. The number of benzene rings is 2. The van der Waals surface area contributed by atoms with Crippen molar-refractivity contribution in [1.82, 2.24) is 4.98 Å². The number of aromatic nitrogens is 1. The molecule has 100 valence electrons. The van der Waals surface area contributed by atoms with Gasteiger partial charge in [-0.3, -0.25) is 0 Å². The average molecular weight is 265 g/mol. The lowest BCUT2D eigenvalue weighted by Gasteiger charge is -2.03. The summed E-state index contributed by atoms with van der Waals surface area (Å²) < 4.78 is 13.2. The largest absolute Gasteiger partial charge is 0.360 e. The molecule has 0 radical (unpaired) electrons. The summed E-state index contributed by atoms with van der Waals surface area (Å²) >= 11 is 0. The molecule has 1 aromatic heterocycles. The van der Waals surface area contributed by atoms with Crippen molar-refractivity contribution >= 4 is 23.1 Å². The zero-order valence-electron chi connectivity index (χ0n) is 11.6. The first-order chi connectivity index (χ1) is 9.65. The maximum atomic E-state index is 13.2. The number of nitrogens with one attached hydrogen (secondary N) is 1. The van der Waals surface area contributed by atoms with Gasteiger partial charge in [0.25, 0.3) is 0 Å². The van der Waals surface area contributed by atoms with E-state index < -0.39 is 0 Å². The SMILES string of the molecule is Cc1cccc(/C=C/c2c[nH]c3cc(F)ccc23)c1C. The Balaban J connectivity index is 2.00. The maximum absolute atomic E-state index is 13.2. The van der Waals surface area contributed by atoms with Crippen molar-refractivity contribution in [2.75, 3.05) is 0 Å². The highest BCUT2D eigenvalue weighted by atomic mass is 19.1. The Hall–Kier alpha value is -2.35. The molecule has 0 unspecified atom stereocenters. The lowest BCUT2D eigenvalue weighted by atomic mass is 10.0. The molecular weight excluding hydrogens is 249 g/mol. The van der Waals surface area contributed by atoms with Gasteiger partial charge in [-0.15, -0.1) is 0 Å². The highest BCUT2D eigenvalue weighted by Crippen LogP contribution is 2.22. The molecule has 0 saturated carbocycles. The third kappa shape index (κ3) is 2.25. The second kappa shape index (κ2) is 4.97. The molecule has 2 aromatic carbocycles. The summed E-state index contributed by atoms with van der Waals surface area (Å²) in [5, 5.41) is 1.04. The van der Waals surface area contributed by atoms with E-state index >= 15 is 0 Å². The molecule has 3 aromatic rings. The number of fused-ring (bicyclic) bond motifs is 1. The van der Waals surface area contributed by atoms with Crippen LogP contribution in [0.2, 0.25) is 0 Å². The van der Waals surface area contributed by atoms with Crippen LogP contribution in [0.4, 0.5) is 4.39 Å². The van der Waals surface area contributed by atoms with Crippen LogP contribution in [0, 0.1) is 19.7 Å². The van der Waals surface area contributed by atoms with Gasteiger partial charge in [0, 0.05) is 17.1 Å². The number of rotatable bonds is 2. The Morgan fingerprint density at radius 3 is 2.65 bits per heavy atom. The van der Waals surface area contributed by atoms with E-state index in [2.05, 4.69) is 49.2 Å². The van der Waals surface area contributed by atoms with Gasteiger partial charge >= 0.3 is 0 Å². The molecule has 3 rings (SSSR count). The molecule has 0 fully saturated rings. The van der Waals surface area contributed by atoms with Gasteiger partial charge in [0.05, 0.1) is 0 Å². The third-order valence-corrected chi connectivity index (χ3v) is 3.76. The van der Waals surface area contributed by atoms with Crippen LogP contribution in [0.25, 0.3) is 23.1 Å². The topological polar surface area (TPSA) is 15.8 Å². The van der Waals surface area contributed by atoms with Gasteiger partial charge in [-0.2, -0.15) is 0 Å². The lowest BCUT2D eigenvalue weighted by molar-refractivity contribution is 0.629. The van der Waals surface area contributed by atoms with Crippen LogP contribution in [0.15, 0.2) is 42.6 Å². The van der Waals surface area contributed by atoms with Gasteiger partial charge in [-0.05, 0) is 54.3 Å². The Labute approximate surface area is 117 Å². The van der Waals surface area contributed by atoms with E-state index in [1.54, 1.807) is 0 Å². The first-order valence-electron chi connectivity index (χ1n) is 6.66. The molecule has 0 aliphatic heterocycles. The van der Waals surface area contributed by atoms with Crippen LogP contribution >= 0.6 is 0 Å². The molecule has 0 atom stereocenters. The third-order valence-electron chi connectivity index (χ3n) is 3.76. The fraction of sp³-hybridized carbons (Fsp3) is 0.111. The molecule has 1 nitrogen and oxygen atoms in total. The van der Waals surface area contributed by atoms with Crippen LogP contribution in [0.3, 0.4) is 0 Å². The molecule has 1 N–H and O–H groups in total. The summed E-state index contributed by atoms with van der Waals surface area (Å²) in [6, 6.07) is 11.1. The number of aromatic amines is 1. The predicted octanol–water partition coefficient (Wildman–Crippen LogP) is 5.09. The Bertz CT molecular complexity index is 796. The normalized spacial score (nSPS) is 11.6. The molecule has 0 spiro atoms. The van der Waals surface area contributed by atoms with Gasteiger partial charge in [0.1, 0.15) is 5.82 Å². The minimum Gasteiger partial charge on any atom is -0.360 e. The van der Waals surface area contributed by atoms with E-state index in [9.17, 15) is 4.39 Å². The second-order valence-corrected chi connectivity index (χ2v) is 5.06. The monoisotopic (exact) mass is 265 g/mol. The van der Waals surface area contributed by atoms with Gasteiger partial charge < -0.3 is 4.98 Å². The smallest absolute Gasteiger partial charge is 0.125 e. The van der Waals surface area contributed by atoms with E-state index in [4.69, 9.17) is 0 Å². The summed E-state index contributed by atoms with van der Waals surface area (Å²) in [5.41, 5.74) is 5.68. The van der Waals surface area contributed by atoms with Crippen molar-refractivity contribution in [3.63, 3.8) is 0 Å². The van der Waals surface area contributed by atoms with Gasteiger partial charge in [-0.25, -0.2) is 4.39 Å². The van der Waals surface area contributed by atoms with Gasteiger partial charge in [0.15, 0.2) is 0 Å². The van der Waals surface area contributed by atoms with Crippen LogP contribution < -0.4 is 0 Å². The highest BCUT2D eigenvalue weighted by Gasteiger charge is 2.02. The van der Waals surface area contributed by atoms with E-state index in [1.165, 1.54) is 28.8 Å². The first kappa shape index (κ1) is 12.7. The summed E-state index contributed by atoms with van der Waals surface area (Å²) in [7, 11) is 0. The minimum absolute atomic E-state index is 0.218. The number of aryl methyl sites for hydroxylation is 1. The minimum atomic E-state index is -0.218. The first-order valence-corrected chi connectivity index (χ1v) is 6.66. The maximum Gasteiger partial charge on any atom is 0.125 e. The lowest BCUT2D eigenvalue weighted by Crippen LogP contribution is -1.84. The molecule has 0 bridgehead atoms. The van der Waals surface area contributed by atoms with Crippen molar-refractivity contribution in [1.29, 1.82) is 0 Å². The zero-order valence-corrected chi connectivity index (χ0v) is 11.6. The average Bonchev–Trinajstić information content (AvgIpc) is 2.83. The van der Waals surface area contributed by atoms with Crippen LogP contribution in [-0.2, 0) is 0 Å². The molecule has 1 heterocycles.